The molecule has 0 bridgehead atoms. The minimum atomic E-state index is -1.14. The van der Waals surface area contributed by atoms with Gasteiger partial charge in [0.1, 0.15) is 11.5 Å². The Kier molecular flexibility index (Phi) is 5.12. The van der Waals surface area contributed by atoms with Gasteiger partial charge in [0, 0.05) is 10.8 Å². The van der Waals surface area contributed by atoms with Gasteiger partial charge in [-0.15, -0.1) is 0 Å². The second-order valence-electron chi connectivity index (χ2n) is 7.63. The number of rotatable bonds is 3. The SMILES string of the molecule is O=c1[nH]c2ccccc2c(O)c1C(c1ccc(Cl)c(Cl)c1)c1c(O)c2ccccc2[nH]c1=O. The second-order valence-corrected chi connectivity index (χ2v) is 8.44. The number of aromatic hydroxyl groups is 2. The van der Waals surface area contributed by atoms with Crippen molar-refractivity contribution in [1.82, 2.24) is 9.97 Å². The van der Waals surface area contributed by atoms with Gasteiger partial charge in [-0.25, -0.2) is 0 Å². The van der Waals surface area contributed by atoms with E-state index in [0.717, 1.165) is 0 Å². The third-order valence-electron chi connectivity index (χ3n) is 5.71. The first-order valence-electron chi connectivity index (χ1n) is 9.99. The Labute approximate surface area is 196 Å². The molecule has 4 N–H and O–H groups in total. The van der Waals surface area contributed by atoms with Crippen LogP contribution in [0.15, 0.2) is 76.3 Å². The standard InChI is InChI=1S/C25H16Cl2N2O4/c26-15-10-9-12(11-16(15)27)19(20-22(30)13-5-1-3-7-17(13)28-24(20)32)21-23(31)14-6-2-4-8-18(14)29-25(21)33/h1-11,19H,(H2,28,30,32)(H2,29,31,33). The summed E-state index contributed by atoms with van der Waals surface area (Å²) in [5, 5.41) is 23.6. The van der Waals surface area contributed by atoms with E-state index in [9.17, 15) is 19.8 Å². The molecule has 2 aromatic heterocycles. The van der Waals surface area contributed by atoms with Crippen molar-refractivity contribution in [1.29, 1.82) is 0 Å². The first-order valence-corrected chi connectivity index (χ1v) is 10.7. The van der Waals surface area contributed by atoms with Crippen molar-refractivity contribution in [3.05, 3.63) is 114 Å². The molecule has 0 atom stereocenters. The Bertz CT molecular complexity index is 1570. The van der Waals surface area contributed by atoms with Crippen LogP contribution in [0.1, 0.15) is 22.6 Å². The van der Waals surface area contributed by atoms with E-state index >= 15 is 0 Å². The summed E-state index contributed by atoms with van der Waals surface area (Å²) in [5.41, 5.74) is -0.118. The Balaban J connectivity index is 1.92. The summed E-state index contributed by atoms with van der Waals surface area (Å²) in [5.74, 6) is -1.73. The summed E-state index contributed by atoms with van der Waals surface area (Å²) >= 11 is 12.3. The maximum absolute atomic E-state index is 13.2. The number of hydrogen-bond acceptors (Lipinski definition) is 4. The van der Waals surface area contributed by atoms with Gasteiger partial charge in [-0.2, -0.15) is 0 Å². The minimum absolute atomic E-state index is 0.0943. The molecule has 3 aromatic carbocycles. The van der Waals surface area contributed by atoms with Crippen molar-refractivity contribution in [3.8, 4) is 11.5 Å². The minimum Gasteiger partial charge on any atom is -0.507 e. The number of fused-ring (bicyclic) bond motifs is 2. The summed E-state index contributed by atoms with van der Waals surface area (Å²) < 4.78 is 0. The number of benzene rings is 3. The van der Waals surface area contributed by atoms with E-state index in [-0.39, 0.29) is 32.7 Å². The molecule has 6 nitrogen and oxygen atoms in total. The van der Waals surface area contributed by atoms with Crippen LogP contribution >= 0.6 is 23.2 Å². The van der Waals surface area contributed by atoms with E-state index in [2.05, 4.69) is 9.97 Å². The van der Waals surface area contributed by atoms with Crippen LogP contribution in [-0.2, 0) is 0 Å². The van der Waals surface area contributed by atoms with Crippen LogP contribution in [0, 0.1) is 0 Å². The molecule has 164 valence electrons. The molecule has 2 heterocycles. The summed E-state index contributed by atoms with van der Waals surface area (Å²) in [6.07, 6.45) is 0. The van der Waals surface area contributed by atoms with Crippen LogP contribution in [0.4, 0.5) is 0 Å². The van der Waals surface area contributed by atoms with E-state index in [1.54, 1.807) is 54.6 Å². The molecule has 0 aliphatic rings. The summed E-state index contributed by atoms with van der Waals surface area (Å²) in [6.45, 7) is 0. The molecular weight excluding hydrogens is 463 g/mol. The van der Waals surface area contributed by atoms with Gasteiger partial charge in [-0.1, -0.05) is 53.5 Å². The van der Waals surface area contributed by atoms with Crippen LogP contribution in [0.2, 0.25) is 10.0 Å². The average molecular weight is 479 g/mol. The molecule has 0 fully saturated rings. The van der Waals surface area contributed by atoms with Crippen molar-refractivity contribution in [3.63, 3.8) is 0 Å². The molecule has 33 heavy (non-hydrogen) atoms. The lowest BCUT2D eigenvalue weighted by Crippen LogP contribution is -2.24. The number of nitrogens with one attached hydrogen (secondary N) is 2. The molecular formula is C25H16Cl2N2O4. The molecule has 0 saturated carbocycles. The fourth-order valence-corrected chi connectivity index (χ4v) is 4.49. The van der Waals surface area contributed by atoms with Crippen molar-refractivity contribution < 1.29 is 10.2 Å². The maximum Gasteiger partial charge on any atom is 0.256 e. The van der Waals surface area contributed by atoms with Gasteiger partial charge in [0.15, 0.2) is 0 Å². The van der Waals surface area contributed by atoms with Crippen molar-refractivity contribution in [2.24, 2.45) is 0 Å². The first kappa shape index (κ1) is 21.1. The molecule has 0 unspecified atom stereocenters. The zero-order chi connectivity index (χ0) is 23.3. The lowest BCUT2D eigenvalue weighted by molar-refractivity contribution is 0.462. The monoisotopic (exact) mass is 478 g/mol. The smallest absolute Gasteiger partial charge is 0.256 e. The normalized spacial score (nSPS) is 11.5. The number of H-pyrrole nitrogens is 2. The number of aromatic nitrogens is 2. The third kappa shape index (κ3) is 3.44. The number of pyridine rings is 2. The number of para-hydroxylation sites is 2. The molecule has 0 aliphatic carbocycles. The summed E-state index contributed by atoms with van der Waals surface area (Å²) in [6, 6.07) is 18.2. The maximum atomic E-state index is 13.2. The lowest BCUT2D eigenvalue weighted by Gasteiger charge is -2.21. The quantitative estimate of drug-likeness (QED) is 0.283. The van der Waals surface area contributed by atoms with Gasteiger partial charge in [-0.05, 0) is 42.0 Å². The highest BCUT2D eigenvalue weighted by Gasteiger charge is 2.31. The fourth-order valence-electron chi connectivity index (χ4n) is 4.19. The Morgan fingerprint density at radius 3 is 1.64 bits per heavy atom. The molecule has 5 rings (SSSR count). The van der Waals surface area contributed by atoms with Gasteiger partial charge in [0.25, 0.3) is 11.1 Å². The van der Waals surface area contributed by atoms with Gasteiger partial charge >= 0.3 is 0 Å². The molecule has 0 amide bonds. The largest absolute Gasteiger partial charge is 0.507 e. The van der Waals surface area contributed by atoms with Gasteiger partial charge in [0.2, 0.25) is 0 Å². The third-order valence-corrected chi connectivity index (χ3v) is 6.45. The van der Waals surface area contributed by atoms with Gasteiger partial charge in [0.05, 0.1) is 38.1 Å². The average Bonchev–Trinajstić information content (AvgIpc) is 2.80. The van der Waals surface area contributed by atoms with E-state index < -0.39 is 17.0 Å². The predicted octanol–water partition coefficient (Wildman–Crippen LogP) is 5.27. The zero-order valence-electron chi connectivity index (χ0n) is 16.9. The first-order chi connectivity index (χ1) is 15.9. The van der Waals surface area contributed by atoms with Crippen LogP contribution in [-0.4, -0.2) is 20.2 Å². The fraction of sp³-hybridized carbons (Fsp3) is 0.0400. The Hall–Kier alpha value is -3.74. The van der Waals surface area contributed by atoms with Crippen LogP contribution in [0.3, 0.4) is 0 Å². The van der Waals surface area contributed by atoms with Crippen LogP contribution in [0.5, 0.6) is 11.5 Å². The number of aromatic amines is 2. The number of halogens is 2. The molecule has 0 radical (unpaired) electrons. The van der Waals surface area contributed by atoms with E-state index in [1.807, 2.05) is 0 Å². The highest BCUT2D eigenvalue weighted by Crippen LogP contribution is 2.42. The van der Waals surface area contributed by atoms with Crippen LogP contribution in [0.25, 0.3) is 21.8 Å². The topological polar surface area (TPSA) is 106 Å². The van der Waals surface area contributed by atoms with Gasteiger partial charge in [-0.3, -0.25) is 9.59 Å². The van der Waals surface area contributed by atoms with Crippen molar-refractivity contribution >= 4 is 45.0 Å². The van der Waals surface area contributed by atoms with E-state index in [4.69, 9.17) is 23.2 Å². The lowest BCUT2D eigenvalue weighted by atomic mass is 9.84. The van der Waals surface area contributed by atoms with Crippen molar-refractivity contribution in [2.45, 2.75) is 5.92 Å². The van der Waals surface area contributed by atoms with E-state index in [1.165, 1.54) is 12.1 Å². The molecule has 8 heteroatoms. The van der Waals surface area contributed by atoms with E-state index in [0.29, 0.717) is 27.4 Å². The molecule has 0 aliphatic heterocycles. The second kappa shape index (κ2) is 7.99. The summed E-state index contributed by atoms with van der Waals surface area (Å²) in [4.78, 5) is 31.9. The number of hydrogen-bond donors (Lipinski definition) is 4. The molecule has 0 saturated heterocycles. The Morgan fingerprint density at radius 1 is 0.667 bits per heavy atom. The summed E-state index contributed by atoms with van der Waals surface area (Å²) in [7, 11) is 0. The zero-order valence-corrected chi connectivity index (χ0v) is 18.4. The van der Waals surface area contributed by atoms with Gasteiger partial charge < -0.3 is 20.2 Å². The Morgan fingerprint density at radius 2 is 1.15 bits per heavy atom. The predicted molar refractivity (Wildman–Crippen MR) is 130 cm³/mol. The van der Waals surface area contributed by atoms with Crippen molar-refractivity contribution in [2.75, 3.05) is 0 Å². The van der Waals surface area contributed by atoms with Crippen LogP contribution < -0.4 is 11.1 Å². The highest BCUT2D eigenvalue weighted by atomic mass is 35.5. The highest BCUT2D eigenvalue weighted by molar-refractivity contribution is 6.42. The molecule has 5 aromatic rings. The molecule has 0 spiro atoms.